The van der Waals surface area contributed by atoms with Gasteiger partial charge in [0.2, 0.25) is 5.91 Å². The van der Waals surface area contributed by atoms with Crippen molar-refractivity contribution in [3.8, 4) is 11.5 Å². The third-order valence-corrected chi connectivity index (χ3v) is 5.27. The van der Waals surface area contributed by atoms with Gasteiger partial charge in [0.05, 0.1) is 25.4 Å². The Labute approximate surface area is 191 Å². The molecule has 0 atom stereocenters. The molecule has 1 aliphatic rings. The van der Waals surface area contributed by atoms with Crippen molar-refractivity contribution in [3.05, 3.63) is 47.5 Å². The quantitative estimate of drug-likeness (QED) is 0.654. The van der Waals surface area contributed by atoms with E-state index in [4.69, 9.17) is 9.47 Å². The van der Waals surface area contributed by atoms with Crippen LogP contribution in [0.15, 0.2) is 36.4 Å². The fourth-order valence-corrected chi connectivity index (χ4v) is 3.84. The number of amides is 1. The predicted molar refractivity (Wildman–Crippen MR) is 129 cm³/mol. The van der Waals surface area contributed by atoms with Crippen molar-refractivity contribution in [2.24, 2.45) is 0 Å². The van der Waals surface area contributed by atoms with E-state index >= 15 is 0 Å². The van der Waals surface area contributed by atoms with Crippen LogP contribution in [-0.4, -0.2) is 56.7 Å². The first kappa shape index (κ1) is 24.8. The van der Waals surface area contributed by atoms with Crippen LogP contribution in [0.5, 0.6) is 11.5 Å². The van der Waals surface area contributed by atoms with Crippen LogP contribution in [-0.2, 0) is 4.79 Å². The summed E-state index contributed by atoms with van der Waals surface area (Å²) in [4.78, 5) is 17.3. The third-order valence-electron chi connectivity index (χ3n) is 5.27. The SMILES string of the molecule is CCOc1ccc(OCC)c(NC(=O)CN2CCN(c3ccc(C)cc3C)CC2)c1.Cl. The van der Waals surface area contributed by atoms with E-state index in [2.05, 4.69) is 47.2 Å². The van der Waals surface area contributed by atoms with Gasteiger partial charge in [-0.2, -0.15) is 0 Å². The molecule has 2 aromatic rings. The highest BCUT2D eigenvalue weighted by atomic mass is 35.5. The second-order valence-corrected chi connectivity index (χ2v) is 7.63. The van der Waals surface area contributed by atoms with E-state index in [9.17, 15) is 4.79 Å². The average molecular weight is 448 g/mol. The first-order chi connectivity index (χ1) is 14.5. The molecule has 0 aromatic heterocycles. The van der Waals surface area contributed by atoms with Crippen LogP contribution in [0.3, 0.4) is 0 Å². The summed E-state index contributed by atoms with van der Waals surface area (Å²) in [5, 5.41) is 3.00. The lowest BCUT2D eigenvalue weighted by Crippen LogP contribution is -2.48. The van der Waals surface area contributed by atoms with Crippen LogP contribution in [0.1, 0.15) is 25.0 Å². The standard InChI is InChI=1S/C24H33N3O3.ClH/c1-5-29-20-8-10-23(30-6-2)21(16-20)25-24(28)17-26-11-13-27(14-12-26)22-9-7-18(3)15-19(22)4;/h7-10,15-16H,5-6,11-14,17H2,1-4H3,(H,25,28);1H. The normalized spacial score (nSPS) is 14.0. The molecule has 1 amide bonds. The number of ether oxygens (including phenoxy) is 2. The summed E-state index contributed by atoms with van der Waals surface area (Å²) >= 11 is 0. The van der Waals surface area contributed by atoms with Crippen LogP contribution in [0.4, 0.5) is 11.4 Å². The molecule has 0 unspecified atom stereocenters. The zero-order valence-electron chi connectivity index (χ0n) is 18.9. The fourth-order valence-electron chi connectivity index (χ4n) is 3.84. The van der Waals surface area contributed by atoms with E-state index in [0.29, 0.717) is 31.2 Å². The smallest absolute Gasteiger partial charge is 0.238 e. The number of hydrogen-bond donors (Lipinski definition) is 1. The molecule has 0 bridgehead atoms. The van der Waals surface area contributed by atoms with Gasteiger partial charge in [0.15, 0.2) is 0 Å². The summed E-state index contributed by atoms with van der Waals surface area (Å²) in [6.45, 7) is 13.2. The van der Waals surface area contributed by atoms with Gasteiger partial charge in [-0.25, -0.2) is 0 Å². The second kappa shape index (κ2) is 11.8. The minimum absolute atomic E-state index is 0. The molecular formula is C24H34ClN3O3. The van der Waals surface area contributed by atoms with E-state index in [1.165, 1.54) is 16.8 Å². The molecule has 2 aromatic carbocycles. The van der Waals surface area contributed by atoms with Crippen LogP contribution in [0, 0.1) is 13.8 Å². The van der Waals surface area contributed by atoms with Gasteiger partial charge in [0.1, 0.15) is 11.5 Å². The minimum atomic E-state index is -0.0374. The molecule has 0 radical (unpaired) electrons. The van der Waals surface area contributed by atoms with Gasteiger partial charge in [-0.1, -0.05) is 17.7 Å². The zero-order chi connectivity index (χ0) is 21.5. The lowest BCUT2D eigenvalue weighted by molar-refractivity contribution is -0.117. The number of carbonyl (C=O) groups excluding carboxylic acids is 1. The van der Waals surface area contributed by atoms with Crippen molar-refractivity contribution in [2.75, 3.05) is 56.2 Å². The number of halogens is 1. The van der Waals surface area contributed by atoms with E-state index in [1.54, 1.807) is 0 Å². The zero-order valence-corrected chi connectivity index (χ0v) is 19.8. The molecule has 3 rings (SSSR count). The first-order valence-electron chi connectivity index (χ1n) is 10.7. The van der Waals surface area contributed by atoms with Gasteiger partial charge in [0.25, 0.3) is 0 Å². The largest absolute Gasteiger partial charge is 0.494 e. The highest BCUT2D eigenvalue weighted by Gasteiger charge is 2.21. The Morgan fingerprint density at radius 1 is 0.968 bits per heavy atom. The number of aryl methyl sites for hydroxylation is 2. The summed E-state index contributed by atoms with van der Waals surface area (Å²) < 4.78 is 11.2. The van der Waals surface area contributed by atoms with E-state index in [-0.39, 0.29) is 18.3 Å². The van der Waals surface area contributed by atoms with Crippen molar-refractivity contribution in [3.63, 3.8) is 0 Å². The maximum Gasteiger partial charge on any atom is 0.238 e. The van der Waals surface area contributed by atoms with Crippen molar-refractivity contribution in [2.45, 2.75) is 27.7 Å². The van der Waals surface area contributed by atoms with Gasteiger partial charge in [-0.15, -0.1) is 12.4 Å². The number of anilines is 2. The van der Waals surface area contributed by atoms with Crippen LogP contribution >= 0.6 is 12.4 Å². The van der Waals surface area contributed by atoms with Crippen molar-refractivity contribution < 1.29 is 14.3 Å². The van der Waals surface area contributed by atoms with Crippen molar-refractivity contribution >= 4 is 29.7 Å². The second-order valence-electron chi connectivity index (χ2n) is 7.63. The molecule has 31 heavy (non-hydrogen) atoms. The van der Waals surface area contributed by atoms with Gasteiger partial charge in [-0.05, 0) is 51.5 Å². The summed E-state index contributed by atoms with van der Waals surface area (Å²) in [5.41, 5.74) is 4.53. The van der Waals surface area contributed by atoms with Crippen LogP contribution < -0.4 is 19.7 Å². The van der Waals surface area contributed by atoms with Gasteiger partial charge >= 0.3 is 0 Å². The predicted octanol–water partition coefficient (Wildman–Crippen LogP) is 4.28. The summed E-state index contributed by atoms with van der Waals surface area (Å²) in [6, 6.07) is 12.1. The van der Waals surface area contributed by atoms with Gasteiger partial charge in [-0.3, -0.25) is 9.69 Å². The first-order valence-corrected chi connectivity index (χ1v) is 10.7. The molecule has 0 saturated carbocycles. The van der Waals surface area contributed by atoms with E-state index < -0.39 is 0 Å². The Kier molecular flexibility index (Phi) is 9.46. The Morgan fingerprint density at radius 3 is 2.32 bits per heavy atom. The molecular weight excluding hydrogens is 414 g/mol. The molecule has 1 fully saturated rings. The topological polar surface area (TPSA) is 54.0 Å². The van der Waals surface area contributed by atoms with Crippen LogP contribution in [0.2, 0.25) is 0 Å². The van der Waals surface area contributed by atoms with E-state index in [1.807, 2.05) is 32.0 Å². The lowest BCUT2D eigenvalue weighted by Gasteiger charge is -2.36. The highest BCUT2D eigenvalue weighted by molar-refractivity contribution is 5.94. The molecule has 170 valence electrons. The van der Waals surface area contributed by atoms with E-state index in [0.717, 1.165) is 31.9 Å². The number of hydrogen-bond acceptors (Lipinski definition) is 5. The molecule has 7 heteroatoms. The monoisotopic (exact) mass is 447 g/mol. The van der Waals surface area contributed by atoms with Crippen molar-refractivity contribution in [1.29, 1.82) is 0 Å². The lowest BCUT2D eigenvalue weighted by atomic mass is 10.1. The number of carbonyl (C=O) groups is 1. The minimum Gasteiger partial charge on any atom is -0.494 e. The molecule has 1 heterocycles. The summed E-state index contributed by atoms with van der Waals surface area (Å²) in [7, 11) is 0. The Balaban J connectivity index is 0.00000341. The number of benzene rings is 2. The maximum absolute atomic E-state index is 12.7. The molecule has 1 N–H and O–H groups in total. The van der Waals surface area contributed by atoms with Crippen molar-refractivity contribution in [1.82, 2.24) is 4.90 Å². The Hall–Kier alpha value is -2.44. The molecule has 0 aliphatic carbocycles. The maximum atomic E-state index is 12.7. The third kappa shape index (κ3) is 6.77. The summed E-state index contributed by atoms with van der Waals surface area (Å²) in [6.07, 6.45) is 0. The molecule has 6 nitrogen and oxygen atoms in total. The average Bonchev–Trinajstić information content (AvgIpc) is 2.71. The number of nitrogens with one attached hydrogen (secondary N) is 1. The highest BCUT2D eigenvalue weighted by Crippen LogP contribution is 2.29. The molecule has 1 aliphatic heterocycles. The number of rotatable bonds is 8. The van der Waals surface area contributed by atoms with Gasteiger partial charge < -0.3 is 19.7 Å². The fraction of sp³-hybridized carbons (Fsp3) is 0.458. The number of nitrogens with zero attached hydrogens (tertiary/aromatic N) is 2. The summed E-state index contributed by atoms with van der Waals surface area (Å²) in [5.74, 6) is 1.34. The molecule has 0 spiro atoms. The Bertz CT molecular complexity index is 867. The molecule has 1 saturated heterocycles. The number of piperazine rings is 1. The van der Waals surface area contributed by atoms with Crippen LogP contribution in [0.25, 0.3) is 0 Å². The van der Waals surface area contributed by atoms with Gasteiger partial charge in [0, 0.05) is 37.9 Å². The Morgan fingerprint density at radius 2 is 1.68 bits per heavy atom.